The molecule has 2 aliphatic rings. The fourth-order valence-electron chi connectivity index (χ4n) is 4.12. The average molecular weight is 426 g/mol. The molecule has 3 heterocycles. The van der Waals surface area contributed by atoms with Crippen molar-refractivity contribution in [2.24, 2.45) is 0 Å². The van der Waals surface area contributed by atoms with E-state index in [1.807, 2.05) is 4.90 Å². The number of anilines is 2. The van der Waals surface area contributed by atoms with Gasteiger partial charge in [0.1, 0.15) is 11.6 Å². The fourth-order valence-corrected chi connectivity index (χ4v) is 4.12. The molecule has 2 aromatic rings. The van der Waals surface area contributed by atoms with Gasteiger partial charge in [-0.05, 0) is 31.5 Å². The second-order valence-corrected chi connectivity index (χ2v) is 7.81. The van der Waals surface area contributed by atoms with Crippen LogP contribution in [0.4, 0.5) is 29.3 Å². The summed E-state index contributed by atoms with van der Waals surface area (Å²) in [4.78, 5) is 20.1. The van der Waals surface area contributed by atoms with Gasteiger partial charge in [-0.15, -0.1) is 0 Å². The molecule has 162 valence electrons. The van der Waals surface area contributed by atoms with Crippen molar-refractivity contribution in [2.45, 2.75) is 38.1 Å². The molecule has 0 aliphatic carbocycles. The first-order chi connectivity index (χ1) is 14.1. The van der Waals surface area contributed by atoms with Gasteiger partial charge in [-0.2, -0.15) is 18.2 Å². The summed E-state index contributed by atoms with van der Waals surface area (Å²) in [7, 11) is 0. The first kappa shape index (κ1) is 20.6. The minimum atomic E-state index is -4.64. The first-order valence-corrected chi connectivity index (χ1v) is 9.68. The largest absolute Gasteiger partial charge is 0.413 e. The van der Waals surface area contributed by atoms with E-state index >= 15 is 0 Å². The smallest absolute Gasteiger partial charge is 0.378 e. The van der Waals surface area contributed by atoms with Crippen molar-refractivity contribution in [3.8, 4) is 0 Å². The number of halogens is 4. The Morgan fingerprint density at radius 2 is 1.90 bits per heavy atom. The number of hydrogen-bond donors (Lipinski definition) is 0. The molecular weight excluding hydrogens is 404 g/mol. The molecule has 0 radical (unpaired) electrons. The van der Waals surface area contributed by atoms with Crippen LogP contribution in [0.3, 0.4) is 0 Å². The highest BCUT2D eigenvalue weighted by Crippen LogP contribution is 2.47. The van der Waals surface area contributed by atoms with Crippen LogP contribution in [0.1, 0.15) is 25.5 Å². The molecule has 4 rings (SSSR count). The molecule has 2 aliphatic heterocycles. The van der Waals surface area contributed by atoms with E-state index in [-0.39, 0.29) is 5.95 Å². The predicted molar refractivity (Wildman–Crippen MR) is 103 cm³/mol. The molecule has 1 saturated heterocycles. The van der Waals surface area contributed by atoms with E-state index in [1.165, 1.54) is 24.3 Å². The summed E-state index contributed by atoms with van der Waals surface area (Å²) in [6, 6.07) is 5.85. The molecule has 1 aromatic carbocycles. The van der Waals surface area contributed by atoms with E-state index in [9.17, 15) is 22.4 Å². The van der Waals surface area contributed by atoms with Gasteiger partial charge in [-0.3, -0.25) is 9.36 Å². The maximum atomic E-state index is 14.2. The number of aromatic nitrogens is 2. The Morgan fingerprint density at radius 3 is 2.53 bits per heavy atom. The Labute approximate surface area is 170 Å². The van der Waals surface area contributed by atoms with E-state index < -0.39 is 35.7 Å². The Bertz CT molecular complexity index is 1000. The van der Waals surface area contributed by atoms with E-state index in [0.29, 0.717) is 37.7 Å². The number of hydrogen-bond acceptors (Lipinski definition) is 5. The Morgan fingerprint density at radius 1 is 1.20 bits per heavy atom. The minimum Gasteiger partial charge on any atom is -0.378 e. The van der Waals surface area contributed by atoms with Crippen LogP contribution in [0, 0.1) is 5.82 Å². The van der Waals surface area contributed by atoms with Gasteiger partial charge >= 0.3 is 6.18 Å². The molecule has 0 N–H and O–H groups in total. The maximum absolute atomic E-state index is 14.2. The number of fused-ring (bicyclic) bond motifs is 1. The van der Waals surface area contributed by atoms with Crippen LogP contribution in [-0.4, -0.2) is 47.6 Å². The number of rotatable bonds is 3. The van der Waals surface area contributed by atoms with Crippen molar-refractivity contribution in [2.75, 3.05) is 36.1 Å². The first-order valence-electron chi connectivity index (χ1n) is 9.68. The van der Waals surface area contributed by atoms with E-state index in [1.54, 1.807) is 13.0 Å². The van der Waals surface area contributed by atoms with Crippen LogP contribution in [-0.2, 0) is 11.3 Å². The van der Waals surface area contributed by atoms with Gasteiger partial charge in [0.2, 0.25) is 5.95 Å². The maximum Gasteiger partial charge on any atom is 0.413 e. The molecular formula is C20H22F4N4O2. The lowest BCUT2D eigenvalue weighted by Crippen LogP contribution is -2.56. The third-order valence-electron chi connectivity index (χ3n) is 5.85. The van der Waals surface area contributed by atoms with Gasteiger partial charge in [0, 0.05) is 19.2 Å². The van der Waals surface area contributed by atoms with Crippen molar-refractivity contribution < 1.29 is 22.3 Å². The Balaban J connectivity index is 1.85. The van der Waals surface area contributed by atoms with Gasteiger partial charge in [-0.25, -0.2) is 4.39 Å². The van der Waals surface area contributed by atoms with Crippen LogP contribution in [0.25, 0.3) is 0 Å². The highest BCUT2D eigenvalue weighted by Gasteiger charge is 2.61. The molecule has 1 aromatic heterocycles. The van der Waals surface area contributed by atoms with Crippen LogP contribution in [0.5, 0.6) is 0 Å². The van der Waals surface area contributed by atoms with Crippen molar-refractivity contribution in [3.05, 3.63) is 52.1 Å². The fraction of sp³-hybridized carbons (Fsp3) is 0.500. The summed E-state index contributed by atoms with van der Waals surface area (Å²) in [5, 5.41) is 0. The zero-order valence-electron chi connectivity index (χ0n) is 16.6. The topological polar surface area (TPSA) is 50.6 Å². The standard InChI is InChI=1S/C20H22F4N4O2/c1-13(14-4-3-5-15(21)10-14)28-18-25-16(26-6-8-30-9-7-26)11-17(29)27(18)12-19(28,2)20(22,23)24/h3-5,10-11,13H,6-9,12H2,1-2H3/t13?,19-/m0/s1. The van der Waals surface area contributed by atoms with Crippen LogP contribution in [0.15, 0.2) is 35.1 Å². The summed E-state index contributed by atoms with van der Waals surface area (Å²) < 4.78 is 62.8. The molecule has 0 bridgehead atoms. The lowest BCUT2D eigenvalue weighted by molar-refractivity contribution is -0.183. The molecule has 6 nitrogen and oxygen atoms in total. The zero-order chi connectivity index (χ0) is 21.7. The van der Waals surface area contributed by atoms with Crippen LogP contribution in [0.2, 0.25) is 0 Å². The molecule has 1 fully saturated rings. The number of benzene rings is 1. The van der Waals surface area contributed by atoms with Gasteiger partial charge in [0.15, 0.2) is 5.54 Å². The zero-order valence-corrected chi connectivity index (χ0v) is 16.6. The molecule has 30 heavy (non-hydrogen) atoms. The Kier molecular flexibility index (Phi) is 5.00. The minimum absolute atomic E-state index is 0.0689. The highest BCUT2D eigenvalue weighted by molar-refractivity contribution is 5.52. The van der Waals surface area contributed by atoms with Gasteiger partial charge in [0.05, 0.1) is 25.8 Å². The van der Waals surface area contributed by atoms with Crippen molar-refractivity contribution in [1.29, 1.82) is 0 Å². The molecule has 2 atom stereocenters. The normalized spacial score (nSPS) is 22.9. The Hall–Kier alpha value is -2.62. The lowest BCUT2D eigenvalue weighted by atomic mass is 9.96. The molecule has 0 spiro atoms. The average Bonchev–Trinajstić information content (AvgIpc) is 3.02. The van der Waals surface area contributed by atoms with E-state index in [0.717, 1.165) is 16.4 Å². The molecule has 1 unspecified atom stereocenters. The molecule has 0 amide bonds. The summed E-state index contributed by atoms with van der Waals surface area (Å²) >= 11 is 0. The second-order valence-electron chi connectivity index (χ2n) is 7.81. The lowest BCUT2D eigenvalue weighted by Gasteiger charge is -2.40. The third kappa shape index (κ3) is 3.32. The number of ether oxygens (including phenoxy) is 1. The van der Waals surface area contributed by atoms with Crippen LogP contribution < -0.4 is 15.4 Å². The highest BCUT2D eigenvalue weighted by atomic mass is 19.4. The van der Waals surface area contributed by atoms with Gasteiger partial charge < -0.3 is 14.5 Å². The molecule has 0 saturated carbocycles. The quantitative estimate of drug-likeness (QED) is 0.706. The summed E-state index contributed by atoms with van der Waals surface area (Å²) in [5.41, 5.74) is -2.56. The monoisotopic (exact) mass is 426 g/mol. The predicted octanol–water partition coefficient (Wildman–Crippen LogP) is 3.12. The van der Waals surface area contributed by atoms with E-state index in [4.69, 9.17) is 4.74 Å². The van der Waals surface area contributed by atoms with Crippen LogP contribution >= 0.6 is 0 Å². The SMILES string of the molecule is CC(c1cccc(F)c1)N1c2nc(N3CCOCC3)cc(=O)n2C[C@@]1(C)C(F)(F)F. The number of alkyl halides is 3. The third-order valence-corrected chi connectivity index (χ3v) is 5.85. The second kappa shape index (κ2) is 7.26. The summed E-state index contributed by atoms with van der Waals surface area (Å²) in [6.07, 6.45) is -4.64. The summed E-state index contributed by atoms with van der Waals surface area (Å²) in [5.74, 6) is -0.294. The number of morpholine rings is 1. The van der Waals surface area contributed by atoms with Crippen molar-refractivity contribution in [1.82, 2.24) is 9.55 Å². The van der Waals surface area contributed by atoms with Crippen molar-refractivity contribution in [3.63, 3.8) is 0 Å². The summed E-state index contributed by atoms with van der Waals surface area (Å²) in [6.45, 7) is 3.90. The van der Waals surface area contributed by atoms with Gasteiger partial charge in [0.25, 0.3) is 5.56 Å². The van der Waals surface area contributed by atoms with Gasteiger partial charge in [-0.1, -0.05) is 12.1 Å². The number of nitrogens with zero attached hydrogens (tertiary/aromatic N) is 4. The van der Waals surface area contributed by atoms with Crippen molar-refractivity contribution >= 4 is 11.8 Å². The molecule has 10 heteroatoms. The van der Waals surface area contributed by atoms with E-state index in [2.05, 4.69) is 4.98 Å².